The van der Waals surface area contributed by atoms with Gasteiger partial charge in [-0.2, -0.15) is 11.8 Å². The zero-order valence-electron chi connectivity index (χ0n) is 12.5. The molecule has 112 valence electrons. The summed E-state index contributed by atoms with van der Waals surface area (Å²) in [5.41, 5.74) is 3.04. The molecule has 0 heterocycles. The number of hydrogen-bond donors (Lipinski definition) is 1. The maximum absolute atomic E-state index is 10.6. The van der Waals surface area contributed by atoms with E-state index in [0.717, 1.165) is 30.8 Å². The molecular formula is C17H26O2S. The molecule has 0 rings (SSSR count). The molecular weight excluding hydrogens is 268 g/mol. The van der Waals surface area contributed by atoms with Crippen LogP contribution in [0.2, 0.25) is 0 Å². The van der Waals surface area contributed by atoms with Gasteiger partial charge < -0.3 is 5.11 Å². The summed E-state index contributed by atoms with van der Waals surface area (Å²) < 4.78 is 0. The van der Waals surface area contributed by atoms with Crippen LogP contribution in [0.4, 0.5) is 0 Å². The van der Waals surface area contributed by atoms with Crippen LogP contribution >= 0.6 is 11.8 Å². The third-order valence-corrected chi connectivity index (χ3v) is 3.53. The number of carboxylic acid groups (broad SMARTS) is 1. The van der Waals surface area contributed by atoms with E-state index >= 15 is 0 Å². The second-order valence-corrected chi connectivity index (χ2v) is 5.65. The van der Waals surface area contributed by atoms with Crippen LogP contribution in [0.3, 0.4) is 0 Å². The van der Waals surface area contributed by atoms with E-state index < -0.39 is 5.97 Å². The molecule has 1 unspecified atom stereocenters. The molecule has 0 radical (unpaired) electrons. The van der Waals surface area contributed by atoms with Gasteiger partial charge in [-0.15, -0.1) is 5.73 Å². The molecule has 0 spiro atoms. The summed E-state index contributed by atoms with van der Waals surface area (Å²) in [5.74, 6) is 0.965. The number of aliphatic carboxylic acids is 1. The molecule has 0 aromatic heterocycles. The zero-order valence-corrected chi connectivity index (χ0v) is 13.4. The Balaban J connectivity index is 3.50. The second kappa shape index (κ2) is 14.2. The highest BCUT2D eigenvalue weighted by Gasteiger charge is 2.06. The SMILES string of the molecule is CC/C=C\C/C=C\CCSCC=C=CCC(C)C(=O)O. The number of allylic oxidation sites excluding steroid dienone is 4. The van der Waals surface area contributed by atoms with Crippen LogP contribution in [0.15, 0.2) is 42.2 Å². The molecule has 2 nitrogen and oxygen atoms in total. The van der Waals surface area contributed by atoms with Crippen molar-refractivity contribution < 1.29 is 9.90 Å². The highest BCUT2D eigenvalue weighted by atomic mass is 32.2. The van der Waals surface area contributed by atoms with E-state index in [-0.39, 0.29) is 5.92 Å². The first kappa shape index (κ1) is 18.8. The van der Waals surface area contributed by atoms with Gasteiger partial charge in [0.2, 0.25) is 0 Å². The van der Waals surface area contributed by atoms with E-state index in [1.165, 1.54) is 0 Å². The summed E-state index contributed by atoms with van der Waals surface area (Å²) in [6.45, 7) is 3.85. The summed E-state index contributed by atoms with van der Waals surface area (Å²) in [6, 6.07) is 0. The van der Waals surface area contributed by atoms with Crippen molar-refractivity contribution in [2.75, 3.05) is 11.5 Å². The monoisotopic (exact) mass is 294 g/mol. The molecule has 0 aliphatic carbocycles. The highest BCUT2D eigenvalue weighted by molar-refractivity contribution is 7.99. The molecule has 0 saturated heterocycles. The molecule has 0 fully saturated rings. The molecule has 1 atom stereocenters. The lowest BCUT2D eigenvalue weighted by Gasteiger charge is -1.98. The van der Waals surface area contributed by atoms with E-state index in [1.807, 2.05) is 17.8 Å². The summed E-state index contributed by atoms with van der Waals surface area (Å²) in [6.07, 6.45) is 16.3. The lowest BCUT2D eigenvalue weighted by Crippen LogP contribution is -2.07. The Kier molecular flexibility index (Phi) is 13.4. The fourth-order valence-electron chi connectivity index (χ4n) is 1.33. The van der Waals surface area contributed by atoms with Gasteiger partial charge in [0, 0.05) is 5.75 Å². The van der Waals surface area contributed by atoms with Gasteiger partial charge in [0.15, 0.2) is 0 Å². The first-order valence-electron chi connectivity index (χ1n) is 7.18. The fourth-order valence-corrected chi connectivity index (χ4v) is 2.01. The predicted molar refractivity (Wildman–Crippen MR) is 89.2 cm³/mol. The number of carboxylic acids is 1. The van der Waals surface area contributed by atoms with Gasteiger partial charge in [0.05, 0.1) is 5.92 Å². The van der Waals surface area contributed by atoms with E-state index in [4.69, 9.17) is 5.11 Å². The van der Waals surface area contributed by atoms with E-state index in [9.17, 15) is 4.79 Å². The Bertz CT molecular complexity index is 363. The van der Waals surface area contributed by atoms with Crippen LogP contribution in [0, 0.1) is 5.92 Å². The Morgan fingerprint density at radius 2 is 2.00 bits per heavy atom. The minimum absolute atomic E-state index is 0.324. The van der Waals surface area contributed by atoms with Crippen LogP contribution in [0.25, 0.3) is 0 Å². The van der Waals surface area contributed by atoms with Crippen molar-refractivity contribution in [2.24, 2.45) is 5.92 Å². The van der Waals surface area contributed by atoms with Crippen LogP contribution in [-0.2, 0) is 4.79 Å². The Labute approximate surface area is 127 Å². The van der Waals surface area contributed by atoms with Gasteiger partial charge in [-0.05, 0) is 43.6 Å². The molecule has 0 amide bonds. The number of rotatable bonds is 11. The van der Waals surface area contributed by atoms with Gasteiger partial charge in [0.1, 0.15) is 0 Å². The molecule has 1 N–H and O–H groups in total. The molecule has 0 aromatic rings. The third-order valence-electron chi connectivity index (χ3n) is 2.60. The lowest BCUT2D eigenvalue weighted by molar-refractivity contribution is -0.140. The molecule has 0 saturated carbocycles. The molecule has 3 heteroatoms. The normalized spacial score (nSPS) is 12.5. The van der Waals surface area contributed by atoms with Gasteiger partial charge in [-0.3, -0.25) is 4.79 Å². The number of thioether (sulfide) groups is 1. The zero-order chi connectivity index (χ0) is 15.1. The van der Waals surface area contributed by atoms with E-state index in [1.54, 1.807) is 13.0 Å². The molecule has 0 aliphatic rings. The summed E-state index contributed by atoms with van der Waals surface area (Å²) >= 11 is 1.86. The average Bonchev–Trinajstić information content (AvgIpc) is 2.43. The van der Waals surface area contributed by atoms with Crippen LogP contribution < -0.4 is 0 Å². The summed E-state index contributed by atoms with van der Waals surface area (Å²) in [4.78, 5) is 10.6. The first-order chi connectivity index (χ1) is 9.68. The largest absolute Gasteiger partial charge is 0.481 e. The standard InChI is InChI=1S/C17H26O2S/c1-3-4-5-6-7-8-11-14-20-15-12-9-10-13-16(2)17(18)19/h4-5,7-8,10,12,16H,3,6,11,13-15H2,1-2H3,(H,18,19)/b5-4-,8-7-. The Morgan fingerprint density at radius 1 is 1.25 bits per heavy atom. The summed E-state index contributed by atoms with van der Waals surface area (Å²) in [7, 11) is 0. The second-order valence-electron chi connectivity index (χ2n) is 4.50. The first-order valence-corrected chi connectivity index (χ1v) is 8.33. The summed E-state index contributed by atoms with van der Waals surface area (Å²) in [5, 5.41) is 8.70. The average molecular weight is 294 g/mol. The van der Waals surface area contributed by atoms with Gasteiger partial charge in [-0.1, -0.05) is 38.2 Å². The van der Waals surface area contributed by atoms with E-state index in [0.29, 0.717) is 6.42 Å². The van der Waals surface area contributed by atoms with Crippen molar-refractivity contribution in [1.29, 1.82) is 0 Å². The van der Waals surface area contributed by atoms with Crippen LogP contribution in [-0.4, -0.2) is 22.6 Å². The molecule has 0 aromatic carbocycles. The quantitative estimate of drug-likeness (QED) is 0.336. The van der Waals surface area contributed by atoms with Gasteiger partial charge in [-0.25, -0.2) is 0 Å². The minimum atomic E-state index is -0.752. The molecule has 0 bridgehead atoms. The van der Waals surface area contributed by atoms with Crippen molar-refractivity contribution in [3.63, 3.8) is 0 Å². The maximum atomic E-state index is 10.6. The minimum Gasteiger partial charge on any atom is -0.481 e. The van der Waals surface area contributed by atoms with Crippen LogP contribution in [0.5, 0.6) is 0 Å². The van der Waals surface area contributed by atoms with Crippen LogP contribution in [0.1, 0.15) is 39.5 Å². The lowest BCUT2D eigenvalue weighted by atomic mass is 10.1. The van der Waals surface area contributed by atoms with Crippen molar-refractivity contribution in [3.05, 3.63) is 42.2 Å². The molecule has 20 heavy (non-hydrogen) atoms. The number of carbonyl (C=O) groups is 1. The van der Waals surface area contributed by atoms with Crippen molar-refractivity contribution >= 4 is 17.7 Å². The fraction of sp³-hybridized carbons (Fsp3) is 0.529. The van der Waals surface area contributed by atoms with Crippen molar-refractivity contribution in [2.45, 2.75) is 39.5 Å². The Morgan fingerprint density at radius 3 is 2.70 bits per heavy atom. The predicted octanol–water partition coefficient (Wildman–Crippen LogP) is 4.84. The third kappa shape index (κ3) is 13.3. The molecule has 0 aliphatic heterocycles. The van der Waals surface area contributed by atoms with Crippen molar-refractivity contribution in [1.82, 2.24) is 0 Å². The topological polar surface area (TPSA) is 37.3 Å². The van der Waals surface area contributed by atoms with Gasteiger partial charge in [0.25, 0.3) is 0 Å². The highest BCUT2D eigenvalue weighted by Crippen LogP contribution is 2.04. The smallest absolute Gasteiger partial charge is 0.306 e. The van der Waals surface area contributed by atoms with E-state index in [2.05, 4.69) is 37.0 Å². The van der Waals surface area contributed by atoms with Gasteiger partial charge >= 0.3 is 5.97 Å². The van der Waals surface area contributed by atoms with Crippen molar-refractivity contribution in [3.8, 4) is 0 Å². The number of hydrogen-bond acceptors (Lipinski definition) is 2. The maximum Gasteiger partial charge on any atom is 0.306 e. The Hall–Kier alpha value is -1.18.